The summed E-state index contributed by atoms with van der Waals surface area (Å²) in [5, 5.41) is 0. The Kier molecular flexibility index (Phi) is 3.09. The number of aryl methyl sites for hydroxylation is 2. The Bertz CT molecular complexity index is 824. The van der Waals surface area contributed by atoms with Crippen molar-refractivity contribution in [2.45, 2.75) is 13.8 Å². The molecular formula is C15H11BrF2N2. The number of fused-ring (bicyclic) bond motifs is 1. The minimum atomic E-state index is -0.468. The van der Waals surface area contributed by atoms with E-state index in [2.05, 4.69) is 20.9 Å². The Morgan fingerprint density at radius 3 is 2.50 bits per heavy atom. The standard InChI is InChI=1S/C15H11BrF2N2/c1-8-4-13(18)11(5-12(8)17)14-7-20-6-10(16)3-9(2)15(20)19-14/h3-7H,1-2H3. The largest absolute Gasteiger partial charge is 0.305 e. The highest BCUT2D eigenvalue weighted by molar-refractivity contribution is 9.10. The Morgan fingerprint density at radius 2 is 1.75 bits per heavy atom. The monoisotopic (exact) mass is 336 g/mol. The Labute approximate surface area is 123 Å². The van der Waals surface area contributed by atoms with E-state index in [1.807, 2.05) is 19.2 Å². The van der Waals surface area contributed by atoms with Crippen LogP contribution in [0.2, 0.25) is 0 Å². The van der Waals surface area contributed by atoms with Crippen molar-refractivity contribution in [3.63, 3.8) is 0 Å². The number of hydrogen-bond donors (Lipinski definition) is 0. The number of benzene rings is 1. The smallest absolute Gasteiger partial charge is 0.140 e. The number of aromatic nitrogens is 2. The van der Waals surface area contributed by atoms with E-state index in [4.69, 9.17) is 0 Å². The lowest BCUT2D eigenvalue weighted by Crippen LogP contribution is -1.90. The van der Waals surface area contributed by atoms with Crippen LogP contribution in [-0.2, 0) is 0 Å². The molecule has 2 heterocycles. The van der Waals surface area contributed by atoms with Crippen LogP contribution in [0.3, 0.4) is 0 Å². The normalized spacial score (nSPS) is 11.2. The van der Waals surface area contributed by atoms with E-state index in [9.17, 15) is 8.78 Å². The second-order valence-electron chi connectivity index (χ2n) is 4.78. The molecule has 0 N–H and O–H groups in total. The van der Waals surface area contributed by atoms with Crippen molar-refractivity contribution in [3.8, 4) is 11.3 Å². The van der Waals surface area contributed by atoms with Gasteiger partial charge in [0.25, 0.3) is 0 Å². The van der Waals surface area contributed by atoms with Gasteiger partial charge in [-0.15, -0.1) is 0 Å². The van der Waals surface area contributed by atoms with Crippen LogP contribution in [0.25, 0.3) is 16.9 Å². The highest BCUT2D eigenvalue weighted by atomic mass is 79.9. The number of pyridine rings is 1. The van der Waals surface area contributed by atoms with Crippen LogP contribution >= 0.6 is 15.9 Å². The van der Waals surface area contributed by atoms with Gasteiger partial charge in [-0.3, -0.25) is 0 Å². The SMILES string of the molecule is Cc1cc(F)c(-c2cn3cc(Br)cc(C)c3n2)cc1F. The lowest BCUT2D eigenvalue weighted by atomic mass is 10.1. The van der Waals surface area contributed by atoms with Crippen LogP contribution in [0.5, 0.6) is 0 Å². The first-order valence-corrected chi connectivity index (χ1v) is 6.86. The molecule has 5 heteroatoms. The van der Waals surface area contributed by atoms with E-state index in [0.717, 1.165) is 15.7 Å². The van der Waals surface area contributed by atoms with Gasteiger partial charge >= 0.3 is 0 Å². The number of hydrogen-bond acceptors (Lipinski definition) is 1. The van der Waals surface area contributed by atoms with Crippen molar-refractivity contribution < 1.29 is 8.78 Å². The molecule has 0 saturated carbocycles. The van der Waals surface area contributed by atoms with Crippen LogP contribution in [0, 0.1) is 25.5 Å². The van der Waals surface area contributed by atoms with Gasteiger partial charge in [-0.1, -0.05) is 0 Å². The number of rotatable bonds is 1. The molecule has 20 heavy (non-hydrogen) atoms. The summed E-state index contributed by atoms with van der Waals surface area (Å²) < 4.78 is 30.3. The van der Waals surface area contributed by atoms with Crippen LogP contribution < -0.4 is 0 Å². The molecule has 0 amide bonds. The maximum Gasteiger partial charge on any atom is 0.140 e. The minimum Gasteiger partial charge on any atom is -0.305 e. The molecule has 0 fully saturated rings. The zero-order valence-electron chi connectivity index (χ0n) is 10.9. The van der Waals surface area contributed by atoms with Crippen LogP contribution in [-0.4, -0.2) is 9.38 Å². The third-order valence-electron chi connectivity index (χ3n) is 3.23. The van der Waals surface area contributed by atoms with Crippen molar-refractivity contribution in [1.29, 1.82) is 0 Å². The third kappa shape index (κ3) is 2.12. The van der Waals surface area contributed by atoms with Gasteiger partial charge in [-0.05, 0) is 59.1 Å². The summed E-state index contributed by atoms with van der Waals surface area (Å²) in [4.78, 5) is 4.39. The number of nitrogens with zero attached hydrogens (tertiary/aromatic N) is 2. The van der Waals surface area contributed by atoms with Crippen molar-refractivity contribution in [3.05, 3.63) is 57.8 Å². The van der Waals surface area contributed by atoms with Crippen LogP contribution in [0.15, 0.2) is 35.1 Å². The summed E-state index contributed by atoms with van der Waals surface area (Å²) in [5.74, 6) is -0.902. The quantitative estimate of drug-likeness (QED) is 0.631. The van der Waals surface area contributed by atoms with E-state index >= 15 is 0 Å². The molecule has 0 radical (unpaired) electrons. The lowest BCUT2D eigenvalue weighted by Gasteiger charge is -2.02. The maximum atomic E-state index is 14.0. The summed E-state index contributed by atoms with van der Waals surface area (Å²) in [6.45, 7) is 3.45. The second-order valence-corrected chi connectivity index (χ2v) is 5.70. The summed E-state index contributed by atoms with van der Waals surface area (Å²) in [7, 11) is 0. The van der Waals surface area contributed by atoms with Crippen molar-refractivity contribution in [1.82, 2.24) is 9.38 Å². The number of imidazole rings is 1. The molecule has 0 aliphatic rings. The molecular weight excluding hydrogens is 326 g/mol. The molecule has 0 aliphatic heterocycles. The topological polar surface area (TPSA) is 17.3 Å². The molecule has 1 aromatic carbocycles. The van der Waals surface area contributed by atoms with Gasteiger partial charge < -0.3 is 4.40 Å². The molecule has 0 saturated heterocycles. The summed E-state index contributed by atoms with van der Waals surface area (Å²) in [6, 6.07) is 4.31. The predicted molar refractivity (Wildman–Crippen MR) is 77.7 cm³/mol. The lowest BCUT2D eigenvalue weighted by molar-refractivity contribution is 0.595. The molecule has 0 bridgehead atoms. The van der Waals surface area contributed by atoms with E-state index in [1.165, 1.54) is 19.1 Å². The Morgan fingerprint density at radius 1 is 1.00 bits per heavy atom. The fourth-order valence-electron chi connectivity index (χ4n) is 2.20. The second kappa shape index (κ2) is 4.66. The highest BCUT2D eigenvalue weighted by Gasteiger charge is 2.13. The minimum absolute atomic E-state index is 0.173. The summed E-state index contributed by atoms with van der Waals surface area (Å²) >= 11 is 3.40. The molecule has 0 spiro atoms. The first-order chi connectivity index (χ1) is 9.45. The fraction of sp³-hybridized carbons (Fsp3) is 0.133. The molecule has 0 unspecified atom stereocenters. The van der Waals surface area contributed by atoms with E-state index in [1.54, 1.807) is 10.6 Å². The molecule has 2 aromatic heterocycles. The van der Waals surface area contributed by atoms with Crippen molar-refractivity contribution in [2.75, 3.05) is 0 Å². The average Bonchev–Trinajstić information content (AvgIpc) is 2.77. The predicted octanol–water partition coefficient (Wildman–Crippen LogP) is 4.66. The van der Waals surface area contributed by atoms with Crippen molar-refractivity contribution >= 4 is 21.6 Å². The highest BCUT2D eigenvalue weighted by Crippen LogP contribution is 2.27. The van der Waals surface area contributed by atoms with Gasteiger partial charge in [0.05, 0.1) is 5.69 Å². The molecule has 0 atom stereocenters. The molecule has 102 valence electrons. The summed E-state index contributed by atoms with van der Waals surface area (Å²) in [6.07, 6.45) is 3.53. The van der Waals surface area contributed by atoms with Gasteiger partial charge in [0, 0.05) is 22.4 Å². The fourth-order valence-corrected chi connectivity index (χ4v) is 2.76. The van der Waals surface area contributed by atoms with Gasteiger partial charge in [-0.2, -0.15) is 0 Å². The van der Waals surface area contributed by atoms with E-state index in [0.29, 0.717) is 5.69 Å². The Hall–Kier alpha value is -1.75. The van der Waals surface area contributed by atoms with Gasteiger partial charge in [0.15, 0.2) is 0 Å². The van der Waals surface area contributed by atoms with Gasteiger partial charge in [0.1, 0.15) is 17.3 Å². The molecule has 3 rings (SSSR count). The van der Waals surface area contributed by atoms with Crippen LogP contribution in [0.1, 0.15) is 11.1 Å². The maximum absolute atomic E-state index is 14.0. The first-order valence-electron chi connectivity index (χ1n) is 6.06. The zero-order chi connectivity index (χ0) is 14.4. The number of halogens is 3. The zero-order valence-corrected chi connectivity index (χ0v) is 12.5. The average molecular weight is 337 g/mol. The van der Waals surface area contributed by atoms with Gasteiger partial charge in [0.2, 0.25) is 0 Å². The molecule has 2 nitrogen and oxygen atoms in total. The van der Waals surface area contributed by atoms with E-state index in [-0.39, 0.29) is 11.1 Å². The van der Waals surface area contributed by atoms with Crippen LogP contribution in [0.4, 0.5) is 8.78 Å². The summed E-state index contributed by atoms with van der Waals surface area (Å²) in [5.41, 5.74) is 2.56. The molecule has 0 aliphatic carbocycles. The Balaban J connectivity index is 2.25. The first kappa shape index (κ1) is 13.2. The third-order valence-corrected chi connectivity index (χ3v) is 3.66. The van der Waals surface area contributed by atoms with Crippen molar-refractivity contribution in [2.24, 2.45) is 0 Å². The van der Waals surface area contributed by atoms with Gasteiger partial charge in [-0.25, -0.2) is 13.8 Å². The molecule has 3 aromatic rings. The van der Waals surface area contributed by atoms with E-state index < -0.39 is 11.6 Å².